The van der Waals surface area contributed by atoms with E-state index in [2.05, 4.69) is 58.9 Å². The predicted octanol–water partition coefficient (Wildman–Crippen LogP) is 5.50. The van der Waals surface area contributed by atoms with Crippen molar-refractivity contribution in [2.45, 2.75) is 31.3 Å². The molecule has 0 saturated carbocycles. The van der Waals surface area contributed by atoms with Gasteiger partial charge in [0, 0.05) is 16.9 Å². The van der Waals surface area contributed by atoms with E-state index in [1.54, 1.807) is 25.1 Å². The topological polar surface area (TPSA) is 53.1 Å². The lowest BCUT2D eigenvalue weighted by Gasteiger charge is -2.11. The highest BCUT2D eigenvalue weighted by atomic mass is 32.2. The minimum Gasteiger partial charge on any atom is -0.496 e. The van der Waals surface area contributed by atoms with E-state index in [4.69, 9.17) is 9.15 Å². The van der Waals surface area contributed by atoms with Gasteiger partial charge in [0.05, 0.1) is 19.9 Å². The number of furan rings is 1. The van der Waals surface area contributed by atoms with Crippen molar-refractivity contribution in [1.82, 2.24) is 14.8 Å². The molecule has 0 atom stereocenters. The van der Waals surface area contributed by atoms with Gasteiger partial charge in [-0.1, -0.05) is 53.2 Å². The second-order valence-electron chi connectivity index (χ2n) is 6.95. The summed E-state index contributed by atoms with van der Waals surface area (Å²) in [6.45, 7) is 4.75. The minimum absolute atomic E-state index is 0.580. The van der Waals surface area contributed by atoms with Crippen molar-refractivity contribution in [3.63, 3.8) is 0 Å². The number of aryl methyl sites for hydroxylation is 2. The van der Waals surface area contributed by atoms with E-state index in [9.17, 15) is 0 Å². The van der Waals surface area contributed by atoms with Gasteiger partial charge in [-0.05, 0) is 38.1 Å². The monoisotopic (exact) mass is 405 g/mol. The highest BCUT2D eigenvalue weighted by Crippen LogP contribution is 2.31. The quantitative estimate of drug-likeness (QED) is 0.380. The Labute approximate surface area is 174 Å². The van der Waals surface area contributed by atoms with Gasteiger partial charge in [-0.2, -0.15) is 0 Å². The molecule has 0 radical (unpaired) electrons. The molecule has 2 aromatic carbocycles. The van der Waals surface area contributed by atoms with Crippen LogP contribution < -0.4 is 4.74 Å². The third-order valence-corrected chi connectivity index (χ3v) is 5.70. The fourth-order valence-electron chi connectivity index (χ4n) is 3.26. The van der Waals surface area contributed by atoms with Crippen molar-refractivity contribution in [3.05, 3.63) is 83.3 Å². The first kappa shape index (κ1) is 19.3. The Morgan fingerprint density at radius 2 is 1.86 bits per heavy atom. The van der Waals surface area contributed by atoms with Crippen LogP contribution >= 0.6 is 11.8 Å². The zero-order valence-electron chi connectivity index (χ0n) is 16.8. The molecule has 2 heterocycles. The Morgan fingerprint density at radius 3 is 2.62 bits per heavy atom. The first-order valence-corrected chi connectivity index (χ1v) is 10.4. The standard InChI is InChI=1S/C23H23N3O2S/c1-16-6-4-7-18(12-16)22-24-25-23(26(22)14-20-8-5-11-28-20)29-15-19-13-17(2)9-10-21(19)27-3/h4-13H,14-15H2,1-3H3. The van der Waals surface area contributed by atoms with Gasteiger partial charge in [0.25, 0.3) is 0 Å². The van der Waals surface area contributed by atoms with Crippen LogP contribution in [0.1, 0.15) is 22.5 Å². The molecule has 0 fully saturated rings. The van der Waals surface area contributed by atoms with Gasteiger partial charge in [0.1, 0.15) is 11.5 Å². The molecular formula is C23H23N3O2S. The molecular weight excluding hydrogens is 382 g/mol. The van der Waals surface area contributed by atoms with Crippen LogP contribution in [0.25, 0.3) is 11.4 Å². The van der Waals surface area contributed by atoms with Gasteiger partial charge in [-0.15, -0.1) is 10.2 Å². The molecule has 6 heteroatoms. The van der Waals surface area contributed by atoms with E-state index < -0.39 is 0 Å². The van der Waals surface area contributed by atoms with E-state index >= 15 is 0 Å². The molecule has 0 N–H and O–H groups in total. The zero-order chi connectivity index (χ0) is 20.2. The smallest absolute Gasteiger partial charge is 0.192 e. The Morgan fingerprint density at radius 1 is 1.00 bits per heavy atom. The molecule has 0 spiro atoms. The summed E-state index contributed by atoms with van der Waals surface area (Å²) in [6.07, 6.45) is 1.69. The lowest BCUT2D eigenvalue weighted by Crippen LogP contribution is -2.04. The number of hydrogen-bond donors (Lipinski definition) is 0. The van der Waals surface area contributed by atoms with E-state index in [1.165, 1.54) is 11.1 Å². The molecule has 0 saturated heterocycles. The van der Waals surface area contributed by atoms with E-state index in [0.29, 0.717) is 6.54 Å². The predicted molar refractivity (Wildman–Crippen MR) is 115 cm³/mol. The van der Waals surface area contributed by atoms with Crippen molar-refractivity contribution in [1.29, 1.82) is 0 Å². The van der Waals surface area contributed by atoms with Crippen LogP contribution in [-0.4, -0.2) is 21.9 Å². The Kier molecular flexibility index (Phi) is 5.71. The molecule has 4 aromatic rings. The Hall–Kier alpha value is -2.99. The number of methoxy groups -OCH3 is 1. The summed E-state index contributed by atoms with van der Waals surface area (Å²) in [4.78, 5) is 0. The summed E-state index contributed by atoms with van der Waals surface area (Å²) < 4.78 is 13.2. The van der Waals surface area contributed by atoms with Crippen LogP contribution in [0.2, 0.25) is 0 Å². The van der Waals surface area contributed by atoms with E-state index in [1.807, 2.05) is 24.3 Å². The lowest BCUT2D eigenvalue weighted by atomic mass is 10.1. The molecule has 0 aliphatic carbocycles. The third-order valence-electron chi connectivity index (χ3n) is 4.68. The number of thioether (sulfide) groups is 1. The zero-order valence-corrected chi connectivity index (χ0v) is 17.6. The highest BCUT2D eigenvalue weighted by Gasteiger charge is 2.17. The molecule has 4 rings (SSSR count). The molecule has 0 aliphatic rings. The summed E-state index contributed by atoms with van der Waals surface area (Å²) in [5, 5.41) is 9.84. The fraction of sp³-hybridized carbons (Fsp3) is 0.217. The van der Waals surface area contributed by atoms with Crippen LogP contribution in [0.5, 0.6) is 5.75 Å². The Balaban J connectivity index is 1.67. The summed E-state index contributed by atoms with van der Waals surface area (Å²) in [5.74, 6) is 3.34. The van der Waals surface area contributed by atoms with Crippen LogP contribution in [0.15, 0.2) is 70.4 Å². The summed E-state index contributed by atoms with van der Waals surface area (Å²) in [6, 6.07) is 18.4. The van der Waals surface area contributed by atoms with Crippen molar-refractivity contribution in [2.24, 2.45) is 0 Å². The maximum Gasteiger partial charge on any atom is 0.192 e. The number of rotatable bonds is 7. The molecule has 0 amide bonds. The van der Waals surface area contributed by atoms with E-state index in [-0.39, 0.29) is 0 Å². The molecule has 5 nitrogen and oxygen atoms in total. The Bertz CT molecular complexity index is 1100. The van der Waals surface area contributed by atoms with E-state index in [0.717, 1.165) is 39.4 Å². The SMILES string of the molecule is COc1ccc(C)cc1CSc1nnc(-c2cccc(C)c2)n1Cc1ccco1. The molecule has 0 unspecified atom stereocenters. The first-order chi connectivity index (χ1) is 14.1. The highest BCUT2D eigenvalue weighted by molar-refractivity contribution is 7.98. The van der Waals surface area contributed by atoms with Crippen LogP contribution in [0.4, 0.5) is 0 Å². The van der Waals surface area contributed by atoms with Crippen LogP contribution in [0, 0.1) is 13.8 Å². The summed E-state index contributed by atoms with van der Waals surface area (Å²) >= 11 is 1.65. The number of aromatic nitrogens is 3. The second-order valence-corrected chi connectivity index (χ2v) is 7.89. The van der Waals surface area contributed by atoms with Gasteiger partial charge in [-0.25, -0.2) is 0 Å². The second kappa shape index (κ2) is 8.57. The average molecular weight is 406 g/mol. The van der Waals surface area contributed by atoms with Gasteiger partial charge in [0.15, 0.2) is 11.0 Å². The third kappa shape index (κ3) is 4.38. The van der Waals surface area contributed by atoms with Gasteiger partial charge in [-0.3, -0.25) is 4.57 Å². The van der Waals surface area contributed by atoms with Crippen LogP contribution in [0.3, 0.4) is 0 Å². The lowest BCUT2D eigenvalue weighted by molar-refractivity contribution is 0.411. The normalized spacial score (nSPS) is 11.0. The number of nitrogens with zero attached hydrogens (tertiary/aromatic N) is 3. The molecule has 0 bridgehead atoms. The minimum atomic E-state index is 0.580. The number of ether oxygens (including phenoxy) is 1. The molecule has 29 heavy (non-hydrogen) atoms. The number of hydrogen-bond acceptors (Lipinski definition) is 5. The van der Waals surface area contributed by atoms with Gasteiger partial charge >= 0.3 is 0 Å². The maximum atomic E-state index is 5.59. The molecule has 0 aliphatic heterocycles. The van der Waals surface area contributed by atoms with Gasteiger partial charge in [0.2, 0.25) is 0 Å². The first-order valence-electron chi connectivity index (χ1n) is 9.43. The summed E-state index contributed by atoms with van der Waals surface area (Å²) in [7, 11) is 1.70. The van der Waals surface area contributed by atoms with Gasteiger partial charge < -0.3 is 9.15 Å². The maximum absolute atomic E-state index is 5.59. The molecule has 2 aromatic heterocycles. The van der Waals surface area contributed by atoms with Crippen molar-refractivity contribution in [2.75, 3.05) is 7.11 Å². The number of benzene rings is 2. The van der Waals surface area contributed by atoms with Crippen molar-refractivity contribution in [3.8, 4) is 17.1 Å². The van der Waals surface area contributed by atoms with Crippen molar-refractivity contribution >= 4 is 11.8 Å². The summed E-state index contributed by atoms with van der Waals surface area (Å²) in [5.41, 5.74) is 4.58. The average Bonchev–Trinajstić information content (AvgIpc) is 3.37. The largest absolute Gasteiger partial charge is 0.496 e. The fourth-order valence-corrected chi connectivity index (χ4v) is 4.17. The molecule has 148 valence electrons. The van der Waals surface area contributed by atoms with Crippen LogP contribution in [-0.2, 0) is 12.3 Å². The van der Waals surface area contributed by atoms with Crippen molar-refractivity contribution < 1.29 is 9.15 Å².